The third kappa shape index (κ3) is 4.31. The summed E-state index contributed by atoms with van der Waals surface area (Å²) in [5, 5.41) is 20.2. The van der Waals surface area contributed by atoms with Crippen LogP contribution >= 0.6 is 0 Å². The highest BCUT2D eigenvalue weighted by molar-refractivity contribution is 5.85. The van der Waals surface area contributed by atoms with Crippen LogP contribution in [0.1, 0.15) is 33.6 Å². The molecule has 0 saturated heterocycles. The number of carbonyl (C=O) groups is 2. The van der Waals surface area contributed by atoms with Gasteiger partial charge in [-0.15, -0.1) is 0 Å². The van der Waals surface area contributed by atoms with E-state index in [0.29, 0.717) is 6.54 Å². The number of hydrogen-bond acceptors (Lipinski definition) is 3. The fraction of sp³-hybridized carbons (Fsp3) is 0.727. The van der Waals surface area contributed by atoms with Gasteiger partial charge in [-0.05, 0) is 20.3 Å². The Morgan fingerprint density at radius 3 is 2.47 bits per heavy atom. The van der Waals surface area contributed by atoms with Crippen LogP contribution in [-0.2, 0) is 4.79 Å². The van der Waals surface area contributed by atoms with Gasteiger partial charge in [0, 0.05) is 13.1 Å². The summed E-state index contributed by atoms with van der Waals surface area (Å²) in [4.78, 5) is 24.1. The summed E-state index contributed by atoms with van der Waals surface area (Å²) in [7, 11) is 0. The van der Waals surface area contributed by atoms with E-state index in [2.05, 4.69) is 5.32 Å². The molecule has 0 aliphatic heterocycles. The van der Waals surface area contributed by atoms with E-state index in [9.17, 15) is 9.59 Å². The lowest BCUT2D eigenvalue weighted by Gasteiger charge is -2.34. The number of aliphatic carboxylic acids is 1. The fourth-order valence-corrected chi connectivity index (χ4v) is 1.24. The van der Waals surface area contributed by atoms with E-state index in [1.165, 1.54) is 18.7 Å². The Morgan fingerprint density at radius 2 is 2.06 bits per heavy atom. The number of rotatable bonds is 6. The van der Waals surface area contributed by atoms with Crippen LogP contribution in [0.25, 0.3) is 0 Å². The van der Waals surface area contributed by atoms with Gasteiger partial charge < -0.3 is 15.3 Å². The maximum atomic E-state index is 11.8. The minimum absolute atomic E-state index is 0.103. The minimum atomic E-state index is -1.32. The molecule has 17 heavy (non-hydrogen) atoms. The number of carboxylic acids is 1. The van der Waals surface area contributed by atoms with Gasteiger partial charge in [0.1, 0.15) is 5.54 Å². The molecule has 0 bridgehead atoms. The third-order valence-electron chi connectivity index (χ3n) is 2.42. The summed E-state index contributed by atoms with van der Waals surface area (Å²) in [6, 6.07) is 1.46. The molecular formula is C11H19N3O3. The topological polar surface area (TPSA) is 93.4 Å². The van der Waals surface area contributed by atoms with Crippen molar-refractivity contribution < 1.29 is 14.7 Å². The first-order chi connectivity index (χ1) is 7.87. The van der Waals surface area contributed by atoms with Crippen LogP contribution in [0.5, 0.6) is 0 Å². The van der Waals surface area contributed by atoms with Gasteiger partial charge >= 0.3 is 12.0 Å². The zero-order chi connectivity index (χ0) is 13.5. The summed E-state index contributed by atoms with van der Waals surface area (Å²) in [6.45, 7) is 5.38. The lowest BCUT2D eigenvalue weighted by Crippen LogP contribution is -2.56. The molecule has 0 aliphatic carbocycles. The molecule has 0 aromatic carbocycles. The monoisotopic (exact) mass is 241 g/mol. The molecule has 0 radical (unpaired) electrons. The normalized spacial score (nSPS) is 10.5. The number of urea groups is 1. The van der Waals surface area contributed by atoms with Crippen LogP contribution in [0, 0.1) is 11.3 Å². The number of carboxylic acid groups (broad SMARTS) is 1. The Kier molecular flexibility index (Phi) is 6.03. The highest BCUT2D eigenvalue weighted by Crippen LogP contribution is 2.15. The van der Waals surface area contributed by atoms with Gasteiger partial charge in [0.25, 0.3) is 0 Å². The molecule has 6 nitrogen and oxygen atoms in total. The number of carbonyl (C=O) groups excluding carboxylic acids is 1. The highest BCUT2D eigenvalue weighted by atomic mass is 16.4. The maximum Gasteiger partial charge on any atom is 0.329 e. The Balaban J connectivity index is 4.81. The Labute approximate surface area is 101 Å². The second-order valence-electron chi connectivity index (χ2n) is 4.16. The van der Waals surface area contributed by atoms with Crippen LogP contribution in [0.3, 0.4) is 0 Å². The van der Waals surface area contributed by atoms with Crippen LogP contribution in [0.2, 0.25) is 0 Å². The number of nitrogens with zero attached hydrogens (tertiary/aromatic N) is 2. The zero-order valence-corrected chi connectivity index (χ0v) is 10.5. The average Bonchev–Trinajstić information content (AvgIpc) is 2.26. The lowest BCUT2D eigenvalue weighted by atomic mass is 10.0. The largest absolute Gasteiger partial charge is 0.480 e. The van der Waals surface area contributed by atoms with E-state index >= 15 is 0 Å². The third-order valence-corrected chi connectivity index (χ3v) is 2.42. The molecule has 0 aromatic rings. The van der Waals surface area contributed by atoms with Crippen molar-refractivity contribution in [3.8, 4) is 6.07 Å². The molecule has 0 fully saturated rings. The fourth-order valence-electron chi connectivity index (χ4n) is 1.24. The number of nitriles is 1. The van der Waals surface area contributed by atoms with E-state index in [1.54, 1.807) is 0 Å². The number of amides is 2. The first-order valence-corrected chi connectivity index (χ1v) is 5.53. The van der Waals surface area contributed by atoms with Gasteiger partial charge in [-0.1, -0.05) is 6.92 Å². The predicted molar refractivity (Wildman–Crippen MR) is 62.3 cm³/mol. The molecule has 0 aromatic heterocycles. The van der Waals surface area contributed by atoms with Gasteiger partial charge in [0.2, 0.25) is 0 Å². The van der Waals surface area contributed by atoms with Gasteiger partial charge in [-0.3, -0.25) is 0 Å². The summed E-state index contributed by atoms with van der Waals surface area (Å²) in [5.41, 5.74) is -1.32. The Hall–Kier alpha value is -1.77. The highest BCUT2D eigenvalue weighted by Gasteiger charge is 2.37. The SMILES string of the molecule is CCCNC(=O)N(CCC#N)C(C)(C)C(=O)O. The van der Waals surface area contributed by atoms with Gasteiger partial charge in [-0.25, -0.2) is 9.59 Å². The molecule has 0 atom stereocenters. The molecule has 0 rings (SSSR count). The predicted octanol–water partition coefficient (Wildman–Crippen LogP) is 1.18. The van der Waals surface area contributed by atoms with Gasteiger partial charge in [0.15, 0.2) is 0 Å². The summed E-state index contributed by atoms with van der Waals surface area (Å²) >= 11 is 0. The van der Waals surface area contributed by atoms with Crippen molar-refractivity contribution in [2.45, 2.75) is 39.2 Å². The van der Waals surface area contributed by atoms with Crippen LogP contribution < -0.4 is 5.32 Å². The molecule has 0 heterocycles. The lowest BCUT2D eigenvalue weighted by molar-refractivity contribution is -0.147. The van der Waals surface area contributed by atoms with Crippen molar-refractivity contribution >= 4 is 12.0 Å². The van der Waals surface area contributed by atoms with E-state index in [0.717, 1.165) is 6.42 Å². The van der Waals surface area contributed by atoms with Crippen molar-refractivity contribution in [1.29, 1.82) is 5.26 Å². The zero-order valence-electron chi connectivity index (χ0n) is 10.5. The minimum Gasteiger partial charge on any atom is -0.480 e. The maximum absolute atomic E-state index is 11.8. The van der Waals surface area contributed by atoms with Crippen molar-refractivity contribution in [2.75, 3.05) is 13.1 Å². The van der Waals surface area contributed by atoms with Crippen molar-refractivity contribution in [3.05, 3.63) is 0 Å². The van der Waals surface area contributed by atoms with Crippen LogP contribution in [-0.4, -0.2) is 40.6 Å². The Morgan fingerprint density at radius 1 is 1.47 bits per heavy atom. The number of nitrogens with one attached hydrogen (secondary N) is 1. The van der Waals surface area contributed by atoms with E-state index in [4.69, 9.17) is 10.4 Å². The Bertz CT molecular complexity index is 320. The van der Waals surface area contributed by atoms with Crippen molar-refractivity contribution in [1.82, 2.24) is 10.2 Å². The smallest absolute Gasteiger partial charge is 0.329 e. The molecular weight excluding hydrogens is 222 g/mol. The average molecular weight is 241 g/mol. The summed E-state index contributed by atoms with van der Waals surface area (Å²) in [6.07, 6.45) is 0.877. The molecule has 0 spiro atoms. The molecule has 6 heteroatoms. The van der Waals surface area contributed by atoms with Crippen molar-refractivity contribution in [2.24, 2.45) is 0 Å². The van der Waals surface area contributed by atoms with E-state index in [1.807, 2.05) is 13.0 Å². The van der Waals surface area contributed by atoms with Crippen LogP contribution in [0.4, 0.5) is 4.79 Å². The molecule has 0 aliphatic rings. The first kappa shape index (κ1) is 15.2. The second kappa shape index (κ2) is 6.74. The molecule has 0 unspecified atom stereocenters. The van der Waals surface area contributed by atoms with Crippen LogP contribution in [0.15, 0.2) is 0 Å². The molecule has 0 saturated carbocycles. The first-order valence-electron chi connectivity index (χ1n) is 5.53. The van der Waals surface area contributed by atoms with E-state index < -0.39 is 17.5 Å². The number of hydrogen-bond donors (Lipinski definition) is 2. The molecule has 96 valence electrons. The molecule has 2 amide bonds. The van der Waals surface area contributed by atoms with Gasteiger partial charge in [-0.2, -0.15) is 5.26 Å². The van der Waals surface area contributed by atoms with E-state index in [-0.39, 0.29) is 13.0 Å². The second-order valence-corrected chi connectivity index (χ2v) is 4.16. The van der Waals surface area contributed by atoms with Gasteiger partial charge in [0.05, 0.1) is 12.5 Å². The standard InChI is InChI=1S/C11H19N3O3/c1-4-7-13-10(17)14(8-5-6-12)11(2,3)9(15)16/h4-5,7-8H2,1-3H3,(H,13,17)(H,15,16). The van der Waals surface area contributed by atoms with Crippen molar-refractivity contribution in [3.63, 3.8) is 0 Å². The molecule has 2 N–H and O–H groups in total. The summed E-state index contributed by atoms with van der Waals surface area (Å²) in [5.74, 6) is -1.10. The summed E-state index contributed by atoms with van der Waals surface area (Å²) < 4.78 is 0. The quantitative estimate of drug-likeness (QED) is 0.730.